The second-order valence-corrected chi connectivity index (χ2v) is 12.4. The predicted octanol–water partition coefficient (Wildman–Crippen LogP) is 11.8. The Balaban J connectivity index is 1.15. The lowest BCUT2D eigenvalue weighted by Gasteiger charge is -2.32. The van der Waals surface area contributed by atoms with Gasteiger partial charge in [-0.15, -0.1) is 11.3 Å². The highest BCUT2D eigenvalue weighted by Gasteiger charge is 2.20. The summed E-state index contributed by atoms with van der Waals surface area (Å²) in [5.41, 5.74) is 9.83. The molecule has 2 aliphatic rings. The van der Waals surface area contributed by atoms with Gasteiger partial charge in [0.15, 0.2) is 0 Å². The number of nitrogens with zero attached hydrogens (tertiary/aromatic N) is 2. The molecule has 1 heterocycles. The van der Waals surface area contributed by atoms with E-state index in [4.69, 9.17) is 0 Å². The zero-order chi connectivity index (χ0) is 29.7. The second-order valence-electron chi connectivity index (χ2n) is 11.3. The van der Waals surface area contributed by atoms with Crippen LogP contribution in [-0.4, -0.2) is 6.04 Å². The molecule has 0 bridgehead atoms. The number of aryl methyl sites for hydroxylation is 1. The van der Waals surface area contributed by atoms with Crippen molar-refractivity contribution in [2.75, 3.05) is 9.80 Å². The van der Waals surface area contributed by atoms with E-state index in [9.17, 15) is 0 Å². The Hall–Kier alpha value is -4.86. The molecule has 1 atom stereocenters. The Labute approximate surface area is 265 Å². The number of rotatable bonds is 8. The molecule has 0 spiro atoms. The molecule has 0 saturated heterocycles. The molecule has 0 radical (unpaired) electrons. The van der Waals surface area contributed by atoms with Crippen molar-refractivity contribution in [2.45, 2.75) is 32.2 Å². The van der Waals surface area contributed by atoms with Crippen LogP contribution in [0.5, 0.6) is 0 Å². The van der Waals surface area contributed by atoms with Crippen molar-refractivity contribution >= 4 is 34.1 Å². The minimum atomic E-state index is 0.301. The molecule has 2 aliphatic carbocycles. The van der Waals surface area contributed by atoms with Crippen LogP contribution in [0.2, 0.25) is 0 Å². The van der Waals surface area contributed by atoms with Crippen molar-refractivity contribution in [2.24, 2.45) is 0 Å². The maximum Gasteiger partial charge on any atom is 0.0559 e. The molecule has 0 amide bonds. The molecule has 1 unspecified atom stereocenters. The van der Waals surface area contributed by atoms with Crippen LogP contribution in [0.4, 0.5) is 22.7 Å². The van der Waals surface area contributed by atoms with Gasteiger partial charge in [0, 0.05) is 38.2 Å². The topological polar surface area (TPSA) is 6.48 Å². The summed E-state index contributed by atoms with van der Waals surface area (Å²) in [4.78, 5) is 7.41. The Kier molecular flexibility index (Phi) is 8.12. The fourth-order valence-corrected chi connectivity index (χ4v) is 7.31. The zero-order valence-corrected chi connectivity index (χ0v) is 25.8. The molecule has 2 nitrogen and oxygen atoms in total. The van der Waals surface area contributed by atoms with E-state index in [2.05, 4.69) is 175 Å². The summed E-state index contributed by atoms with van der Waals surface area (Å²) in [6.45, 7) is 2.23. The summed E-state index contributed by atoms with van der Waals surface area (Å²) in [5.74, 6) is 0. The minimum Gasteiger partial charge on any atom is -0.334 e. The highest BCUT2D eigenvalue weighted by atomic mass is 32.1. The number of hydrogen-bond donors (Lipinski definition) is 0. The lowest BCUT2D eigenvalue weighted by Crippen LogP contribution is -2.29. The monoisotopic (exact) mass is 588 g/mol. The van der Waals surface area contributed by atoms with Crippen molar-refractivity contribution in [3.05, 3.63) is 169 Å². The van der Waals surface area contributed by atoms with E-state index in [1.54, 1.807) is 0 Å². The SMILES string of the molecule is Cc1cc(-c2ccc(N(c3ccccc3)C3C=CC=CC3)cc2)sc1-c1ccc(N(C2=CCCC=C2)c2ccccc2)cc1. The van der Waals surface area contributed by atoms with Gasteiger partial charge in [-0.2, -0.15) is 0 Å². The largest absolute Gasteiger partial charge is 0.334 e. The van der Waals surface area contributed by atoms with E-state index in [-0.39, 0.29) is 0 Å². The molecule has 0 aliphatic heterocycles. The van der Waals surface area contributed by atoms with Gasteiger partial charge in [0.25, 0.3) is 0 Å². The van der Waals surface area contributed by atoms with Gasteiger partial charge < -0.3 is 9.80 Å². The molecule has 7 rings (SSSR count). The van der Waals surface area contributed by atoms with E-state index in [1.165, 1.54) is 54.9 Å². The van der Waals surface area contributed by atoms with Crippen LogP contribution in [-0.2, 0) is 0 Å². The molecule has 0 N–H and O–H groups in total. The molecule has 3 heteroatoms. The first kappa shape index (κ1) is 27.9. The van der Waals surface area contributed by atoms with Gasteiger partial charge in [-0.25, -0.2) is 0 Å². The van der Waals surface area contributed by atoms with Crippen LogP contribution in [0.15, 0.2) is 163 Å². The summed E-state index contributed by atoms with van der Waals surface area (Å²) >= 11 is 1.87. The third-order valence-electron chi connectivity index (χ3n) is 8.31. The van der Waals surface area contributed by atoms with Gasteiger partial charge in [-0.1, -0.05) is 97.1 Å². The minimum absolute atomic E-state index is 0.301. The number of para-hydroxylation sites is 2. The molecule has 0 fully saturated rings. The number of hydrogen-bond acceptors (Lipinski definition) is 3. The van der Waals surface area contributed by atoms with Crippen LogP contribution in [0.25, 0.3) is 20.9 Å². The van der Waals surface area contributed by atoms with Gasteiger partial charge in [0.2, 0.25) is 0 Å². The highest BCUT2D eigenvalue weighted by molar-refractivity contribution is 7.19. The fraction of sp³-hybridized carbons (Fsp3) is 0.122. The normalized spacial score (nSPS) is 15.7. The number of thiophene rings is 1. The van der Waals surface area contributed by atoms with Crippen LogP contribution in [0.1, 0.15) is 24.8 Å². The van der Waals surface area contributed by atoms with Crippen molar-refractivity contribution in [1.82, 2.24) is 0 Å². The van der Waals surface area contributed by atoms with Gasteiger partial charge in [0.1, 0.15) is 0 Å². The van der Waals surface area contributed by atoms with Crippen molar-refractivity contribution in [3.63, 3.8) is 0 Å². The summed E-state index contributed by atoms with van der Waals surface area (Å²) in [7, 11) is 0. The quantitative estimate of drug-likeness (QED) is 0.178. The summed E-state index contributed by atoms with van der Waals surface area (Å²) in [5, 5.41) is 0. The molecule has 216 valence electrons. The van der Waals surface area contributed by atoms with Gasteiger partial charge in [-0.05, 0) is 104 Å². The van der Waals surface area contributed by atoms with E-state index in [0.717, 1.165) is 19.3 Å². The highest BCUT2D eigenvalue weighted by Crippen LogP contribution is 2.41. The summed E-state index contributed by atoms with van der Waals surface area (Å²) in [6.07, 6.45) is 18.9. The average molecular weight is 589 g/mol. The molecule has 0 saturated carbocycles. The number of anilines is 4. The van der Waals surface area contributed by atoms with Crippen LogP contribution in [0.3, 0.4) is 0 Å². The predicted molar refractivity (Wildman–Crippen MR) is 190 cm³/mol. The molecule has 1 aromatic heterocycles. The first-order chi connectivity index (χ1) is 21.7. The molecular formula is C41H36N2S. The van der Waals surface area contributed by atoms with E-state index in [1.807, 2.05) is 11.3 Å². The molecular weight excluding hydrogens is 553 g/mol. The maximum atomic E-state index is 2.44. The van der Waals surface area contributed by atoms with Gasteiger partial charge in [0.05, 0.1) is 6.04 Å². The van der Waals surface area contributed by atoms with E-state index >= 15 is 0 Å². The smallest absolute Gasteiger partial charge is 0.0559 e. The first-order valence-corrected chi connectivity index (χ1v) is 16.3. The first-order valence-electron chi connectivity index (χ1n) is 15.5. The van der Waals surface area contributed by atoms with Crippen molar-refractivity contribution in [1.29, 1.82) is 0 Å². The summed E-state index contributed by atoms with van der Waals surface area (Å²) < 4.78 is 0. The Bertz CT molecular complexity index is 1820. The van der Waals surface area contributed by atoms with E-state index < -0.39 is 0 Å². The standard InChI is InChI=1S/C41H36N2S/c1-31-30-40(32-22-26-38(27-23-32)42(34-14-6-2-7-15-34)35-16-8-3-9-17-35)44-41(31)33-24-28-39(29-25-33)43(36-18-10-4-11-19-36)37-20-12-5-13-21-37/h2-4,6-12,14-16,18-30,35H,5,13,17H2,1H3. The van der Waals surface area contributed by atoms with Crippen LogP contribution >= 0.6 is 11.3 Å². The van der Waals surface area contributed by atoms with Crippen molar-refractivity contribution < 1.29 is 0 Å². The second kappa shape index (κ2) is 12.8. The molecule has 5 aromatic rings. The Morgan fingerprint density at radius 3 is 1.93 bits per heavy atom. The third-order valence-corrected chi connectivity index (χ3v) is 9.64. The van der Waals surface area contributed by atoms with Crippen LogP contribution in [0, 0.1) is 6.92 Å². The average Bonchev–Trinajstić information content (AvgIpc) is 3.49. The van der Waals surface area contributed by atoms with Crippen LogP contribution < -0.4 is 9.80 Å². The van der Waals surface area contributed by atoms with Gasteiger partial charge >= 0.3 is 0 Å². The van der Waals surface area contributed by atoms with Gasteiger partial charge in [-0.3, -0.25) is 0 Å². The lowest BCUT2D eigenvalue weighted by molar-refractivity contribution is 0.785. The number of benzene rings is 4. The molecule has 44 heavy (non-hydrogen) atoms. The fourth-order valence-electron chi connectivity index (χ4n) is 6.13. The maximum absolute atomic E-state index is 2.44. The molecule has 4 aromatic carbocycles. The van der Waals surface area contributed by atoms with E-state index in [0.29, 0.717) is 6.04 Å². The zero-order valence-electron chi connectivity index (χ0n) is 25.0. The lowest BCUT2D eigenvalue weighted by atomic mass is 10.0. The Morgan fingerprint density at radius 2 is 1.27 bits per heavy atom. The number of allylic oxidation sites excluding steroid dienone is 5. The third kappa shape index (κ3) is 5.84. The van der Waals surface area contributed by atoms with Crippen molar-refractivity contribution in [3.8, 4) is 20.9 Å². The Morgan fingerprint density at radius 1 is 0.636 bits per heavy atom. The summed E-state index contributed by atoms with van der Waals surface area (Å²) in [6, 6.07) is 42.1.